The Morgan fingerprint density at radius 3 is 2.00 bits per heavy atom. The summed E-state index contributed by atoms with van der Waals surface area (Å²) in [6.45, 7) is 0. The van der Waals surface area contributed by atoms with Crippen molar-refractivity contribution >= 4 is 73.3 Å². The third-order valence-electron chi connectivity index (χ3n) is 4.06. The average molecular weight is 454 g/mol. The largest absolute Gasteiger partial charge is 0.423 e. The molecular weight excluding hydrogens is 442 g/mol. The fourth-order valence-corrected chi connectivity index (χ4v) is 7.07. The summed E-state index contributed by atoms with van der Waals surface area (Å²) < 4.78 is 18.9. The lowest BCUT2D eigenvalue weighted by atomic mass is 10.1. The van der Waals surface area contributed by atoms with Gasteiger partial charge in [0.1, 0.15) is 0 Å². The summed E-state index contributed by atoms with van der Waals surface area (Å²) in [5.41, 5.74) is 0. The van der Waals surface area contributed by atoms with Crippen LogP contribution in [0.2, 0.25) is 10.0 Å². The maximum Gasteiger partial charge on any atom is 0.398 e. The summed E-state index contributed by atoms with van der Waals surface area (Å²) in [5.74, 6) is -3.38. The summed E-state index contributed by atoms with van der Waals surface area (Å²) in [6.07, 6.45) is 0. The molecule has 0 aliphatic heterocycles. The molecule has 27 heavy (non-hydrogen) atoms. The first kappa shape index (κ1) is 19.0. The van der Waals surface area contributed by atoms with Crippen molar-refractivity contribution in [3.05, 3.63) is 82.8 Å². The predicted octanol–water partition coefficient (Wildman–Crippen LogP) is 8.82. The molecule has 0 bridgehead atoms. The molecule has 0 amide bonds. The van der Waals surface area contributed by atoms with Gasteiger partial charge in [0, 0.05) is 10.3 Å². The van der Waals surface area contributed by atoms with Gasteiger partial charge in [0.25, 0.3) is 0 Å². The lowest BCUT2D eigenvalue weighted by molar-refractivity contribution is 0.517. The van der Waals surface area contributed by atoms with Crippen LogP contribution in [0.25, 0.3) is 21.5 Å². The van der Waals surface area contributed by atoms with Crippen LogP contribution in [0.3, 0.4) is 0 Å². The maximum atomic E-state index is 13.1. The lowest BCUT2D eigenvalue weighted by Gasteiger charge is -2.17. The molecule has 0 heterocycles. The Bertz CT molecular complexity index is 1120. The zero-order valence-electron chi connectivity index (χ0n) is 13.7. The lowest BCUT2D eigenvalue weighted by Crippen LogP contribution is -1.89. The third-order valence-corrected chi connectivity index (χ3v) is 8.28. The molecule has 2 nitrogen and oxygen atoms in total. The van der Waals surface area contributed by atoms with E-state index in [-0.39, 0.29) is 0 Å². The van der Waals surface area contributed by atoms with E-state index in [9.17, 15) is 4.57 Å². The van der Waals surface area contributed by atoms with E-state index in [1.807, 2.05) is 60.7 Å². The van der Waals surface area contributed by atoms with Crippen molar-refractivity contribution in [2.45, 2.75) is 4.90 Å². The molecule has 7 heteroatoms. The summed E-state index contributed by atoms with van der Waals surface area (Å²) in [5, 5.41) is 4.32. The molecule has 0 aromatic heterocycles. The molecule has 0 spiro atoms. The number of fused-ring (bicyclic) bond motifs is 2. The van der Waals surface area contributed by atoms with Gasteiger partial charge in [-0.25, -0.2) is 4.57 Å². The second-order valence-electron chi connectivity index (χ2n) is 5.81. The van der Waals surface area contributed by atoms with Crippen molar-refractivity contribution in [3.8, 4) is 5.75 Å². The Morgan fingerprint density at radius 1 is 0.741 bits per heavy atom. The van der Waals surface area contributed by atoms with Gasteiger partial charge in [-0.3, -0.25) is 0 Å². The quantitative estimate of drug-likeness (QED) is 0.289. The Hall–Kier alpha value is -1.35. The minimum absolute atomic E-state index is 0.303. The monoisotopic (exact) mass is 452 g/mol. The molecule has 4 aromatic carbocycles. The number of hydrogen-bond donors (Lipinski definition) is 0. The summed E-state index contributed by atoms with van der Waals surface area (Å²) in [6, 6.07) is 22.5. The molecule has 0 N–H and O–H groups in total. The molecule has 4 aromatic rings. The van der Waals surface area contributed by atoms with Gasteiger partial charge in [0.15, 0.2) is 5.75 Å². The van der Waals surface area contributed by atoms with Gasteiger partial charge in [-0.15, -0.1) is 0 Å². The van der Waals surface area contributed by atoms with Crippen molar-refractivity contribution in [2.75, 3.05) is 0 Å². The zero-order chi connectivity index (χ0) is 19.0. The first-order valence-electron chi connectivity index (χ1n) is 7.98. The highest BCUT2D eigenvalue weighted by Gasteiger charge is 2.28. The molecule has 0 aliphatic rings. The van der Waals surface area contributed by atoms with Crippen molar-refractivity contribution in [1.29, 1.82) is 0 Å². The smallest absolute Gasteiger partial charge is 0.398 e. The van der Waals surface area contributed by atoms with E-state index in [1.54, 1.807) is 12.1 Å². The summed E-state index contributed by atoms with van der Waals surface area (Å²) >= 11 is 19.9. The Kier molecular flexibility index (Phi) is 5.33. The maximum absolute atomic E-state index is 13.1. The van der Waals surface area contributed by atoms with E-state index in [1.165, 1.54) is 0 Å². The van der Waals surface area contributed by atoms with Crippen LogP contribution < -0.4 is 4.52 Å². The standard InChI is InChI=1S/C20H12Cl3O2PS/c21-17-11-9-13-5-1-3-7-15(13)19(17)25-26(23,24)27-20-16-8-4-2-6-14(16)10-12-18(20)22/h1-12H. The van der Waals surface area contributed by atoms with E-state index < -0.39 is 5.92 Å². The van der Waals surface area contributed by atoms with E-state index in [4.69, 9.17) is 39.0 Å². The van der Waals surface area contributed by atoms with E-state index in [2.05, 4.69) is 0 Å². The molecule has 0 saturated heterocycles. The van der Waals surface area contributed by atoms with Crippen LogP contribution in [0.1, 0.15) is 0 Å². The van der Waals surface area contributed by atoms with Crippen LogP contribution in [0, 0.1) is 0 Å². The molecule has 136 valence electrons. The fourth-order valence-electron chi connectivity index (χ4n) is 2.86. The highest BCUT2D eigenvalue weighted by molar-refractivity contribution is 8.64. The zero-order valence-corrected chi connectivity index (χ0v) is 17.7. The van der Waals surface area contributed by atoms with Crippen molar-refractivity contribution in [3.63, 3.8) is 0 Å². The minimum atomic E-state index is -3.68. The second kappa shape index (κ2) is 7.58. The van der Waals surface area contributed by atoms with Gasteiger partial charge in [0.05, 0.1) is 10.0 Å². The molecule has 1 unspecified atom stereocenters. The van der Waals surface area contributed by atoms with Gasteiger partial charge in [-0.05, 0) is 50.9 Å². The highest BCUT2D eigenvalue weighted by Crippen LogP contribution is 2.68. The molecule has 0 aliphatic carbocycles. The van der Waals surface area contributed by atoms with Crippen LogP contribution >= 0.6 is 51.7 Å². The number of benzene rings is 4. The minimum Gasteiger partial charge on any atom is -0.423 e. The molecule has 4 rings (SSSR count). The van der Waals surface area contributed by atoms with E-state index in [0.29, 0.717) is 20.7 Å². The molecule has 0 radical (unpaired) electrons. The Labute approximate surface area is 175 Å². The highest BCUT2D eigenvalue weighted by atomic mass is 35.7. The van der Waals surface area contributed by atoms with Gasteiger partial charge in [-0.2, -0.15) is 0 Å². The van der Waals surface area contributed by atoms with Crippen LogP contribution in [0.4, 0.5) is 0 Å². The Balaban J connectivity index is 1.75. The van der Waals surface area contributed by atoms with Gasteiger partial charge >= 0.3 is 5.92 Å². The van der Waals surface area contributed by atoms with Crippen LogP contribution in [-0.4, -0.2) is 0 Å². The summed E-state index contributed by atoms with van der Waals surface area (Å²) in [7, 11) is 0. The van der Waals surface area contributed by atoms with Crippen molar-refractivity contribution in [2.24, 2.45) is 0 Å². The van der Waals surface area contributed by atoms with Crippen molar-refractivity contribution < 1.29 is 9.09 Å². The van der Waals surface area contributed by atoms with E-state index in [0.717, 1.165) is 32.9 Å². The van der Waals surface area contributed by atoms with Crippen LogP contribution in [0.5, 0.6) is 5.75 Å². The molecule has 1 atom stereocenters. The number of halogens is 3. The fraction of sp³-hybridized carbons (Fsp3) is 0. The first-order valence-corrected chi connectivity index (χ1v) is 12.7. The molecule has 0 fully saturated rings. The summed E-state index contributed by atoms with van der Waals surface area (Å²) in [4.78, 5) is 0.615. The topological polar surface area (TPSA) is 26.3 Å². The van der Waals surface area contributed by atoms with Gasteiger partial charge < -0.3 is 4.52 Å². The van der Waals surface area contributed by atoms with Crippen LogP contribution in [-0.2, 0) is 4.57 Å². The number of hydrogen-bond acceptors (Lipinski definition) is 3. The molecular formula is C20H12Cl3O2PS. The van der Waals surface area contributed by atoms with E-state index >= 15 is 0 Å². The number of rotatable bonds is 4. The average Bonchev–Trinajstić information content (AvgIpc) is 2.66. The van der Waals surface area contributed by atoms with Gasteiger partial charge in [0.2, 0.25) is 0 Å². The second-order valence-corrected chi connectivity index (χ2v) is 12.2. The Morgan fingerprint density at radius 2 is 1.30 bits per heavy atom. The van der Waals surface area contributed by atoms with Gasteiger partial charge in [-0.1, -0.05) is 83.9 Å². The molecule has 0 saturated carbocycles. The first-order chi connectivity index (χ1) is 12.9. The third kappa shape index (κ3) is 3.94. The van der Waals surface area contributed by atoms with Crippen molar-refractivity contribution in [1.82, 2.24) is 0 Å². The SMILES string of the molecule is O=P(Cl)(Oc1c(Cl)ccc2ccccc12)Sc1c(Cl)ccc2ccccc12. The normalized spacial score (nSPS) is 13.6. The van der Waals surface area contributed by atoms with Crippen LogP contribution in [0.15, 0.2) is 77.7 Å². The predicted molar refractivity (Wildman–Crippen MR) is 118 cm³/mol.